The molecule has 9 heteroatoms. The van der Waals surface area contributed by atoms with Crippen LogP contribution in [0.1, 0.15) is 25.7 Å². The maximum Gasteiger partial charge on any atom is 0.271 e. The Bertz CT molecular complexity index is 630. The Labute approximate surface area is 165 Å². The van der Waals surface area contributed by atoms with Gasteiger partial charge in [-0.25, -0.2) is 0 Å². The average Bonchev–Trinajstić information content (AvgIpc) is 3.11. The second-order valence-corrected chi connectivity index (χ2v) is 6.75. The lowest BCUT2D eigenvalue weighted by atomic mass is 9.84. The molecule has 2 aliphatic rings. The van der Waals surface area contributed by atoms with Gasteiger partial charge in [0.25, 0.3) is 5.69 Å². The molecule has 7 nitrogen and oxygen atoms in total. The number of hydrogen-bond acceptors (Lipinski definition) is 5. The number of anilines is 1. The van der Waals surface area contributed by atoms with Gasteiger partial charge in [0, 0.05) is 50.5 Å². The minimum atomic E-state index is -0.381. The van der Waals surface area contributed by atoms with Crippen molar-refractivity contribution in [3.63, 3.8) is 0 Å². The summed E-state index contributed by atoms with van der Waals surface area (Å²) in [5.41, 5.74) is 6.50. The molecule has 2 N–H and O–H groups in total. The molecular formula is C17H26Cl2N4O3. The second kappa shape index (κ2) is 9.39. The summed E-state index contributed by atoms with van der Waals surface area (Å²) in [6.45, 7) is 3.09. The van der Waals surface area contributed by atoms with Gasteiger partial charge in [0.1, 0.15) is 0 Å². The van der Waals surface area contributed by atoms with Crippen LogP contribution in [0, 0.1) is 15.5 Å². The third-order valence-electron chi connectivity index (χ3n) is 5.38. The zero-order valence-electron chi connectivity index (χ0n) is 14.6. The number of nitrogens with two attached hydrogens (primary N) is 1. The molecule has 3 rings (SSSR count). The van der Waals surface area contributed by atoms with E-state index < -0.39 is 0 Å². The van der Waals surface area contributed by atoms with Crippen molar-refractivity contribution in [1.82, 2.24) is 4.90 Å². The van der Waals surface area contributed by atoms with Crippen LogP contribution in [0.15, 0.2) is 24.3 Å². The van der Waals surface area contributed by atoms with Crippen molar-refractivity contribution in [2.75, 3.05) is 37.6 Å². The first-order valence-corrected chi connectivity index (χ1v) is 8.55. The lowest BCUT2D eigenvalue weighted by Crippen LogP contribution is -2.54. The molecule has 1 saturated carbocycles. The summed E-state index contributed by atoms with van der Waals surface area (Å²) < 4.78 is 0. The summed E-state index contributed by atoms with van der Waals surface area (Å²) in [5, 5.41) is 10.9. The fraction of sp³-hybridized carbons (Fsp3) is 0.588. The first-order chi connectivity index (χ1) is 11.6. The van der Waals surface area contributed by atoms with E-state index in [0.717, 1.165) is 31.4 Å². The molecule has 1 amide bonds. The van der Waals surface area contributed by atoms with Crippen LogP contribution in [0.25, 0.3) is 0 Å². The van der Waals surface area contributed by atoms with Crippen molar-refractivity contribution in [3.8, 4) is 0 Å². The molecule has 0 unspecified atom stereocenters. The van der Waals surface area contributed by atoms with E-state index in [9.17, 15) is 14.9 Å². The summed E-state index contributed by atoms with van der Waals surface area (Å²) in [5.74, 6) is 0.196. The van der Waals surface area contributed by atoms with Gasteiger partial charge in [-0.1, -0.05) is 18.9 Å². The molecule has 0 aromatic heterocycles. The highest BCUT2D eigenvalue weighted by Crippen LogP contribution is 2.39. The number of benzene rings is 1. The number of carbonyl (C=O) groups is 1. The Morgan fingerprint density at radius 2 is 1.77 bits per heavy atom. The van der Waals surface area contributed by atoms with Crippen molar-refractivity contribution in [2.45, 2.75) is 25.7 Å². The Balaban J connectivity index is 0.00000169. The average molecular weight is 405 g/mol. The number of rotatable bonds is 4. The predicted octanol–water partition coefficient (Wildman–Crippen LogP) is 2.61. The highest BCUT2D eigenvalue weighted by atomic mass is 35.5. The molecule has 0 bridgehead atoms. The van der Waals surface area contributed by atoms with Crippen molar-refractivity contribution < 1.29 is 9.72 Å². The largest absolute Gasteiger partial charge is 0.368 e. The number of nitro groups is 1. The van der Waals surface area contributed by atoms with E-state index in [2.05, 4.69) is 4.90 Å². The highest BCUT2D eigenvalue weighted by molar-refractivity contribution is 5.85. The summed E-state index contributed by atoms with van der Waals surface area (Å²) in [4.78, 5) is 27.4. The summed E-state index contributed by atoms with van der Waals surface area (Å²) in [7, 11) is 0. The fourth-order valence-corrected chi connectivity index (χ4v) is 3.86. The summed E-state index contributed by atoms with van der Waals surface area (Å²) in [6, 6.07) is 6.67. The van der Waals surface area contributed by atoms with E-state index in [1.807, 2.05) is 11.0 Å². The molecule has 0 radical (unpaired) electrons. The Morgan fingerprint density at radius 1 is 1.15 bits per heavy atom. The Kier molecular flexibility index (Phi) is 8.12. The van der Waals surface area contributed by atoms with Crippen LogP contribution in [-0.2, 0) is 4.79 Å². The molecule has 1 aliphatic heterocycles. The van der Waals surface area contributed by atoms with Crippen LogP contribution in [0.2, 0.25) is 0 Å². The maximum atomic E-state index is 12.9. The van der Waals surface area contributed by atoms with Gasteiger partial charge in [-0.05, 0) is 18.9 Å². The van der Waals surface area contributed by atoms with E-state index in [4.69, 9.17) is 5.73 Å². The molecule has 1 aliphatic carbocycles. The Hall–Kier alpha value is -1.57. The number of amides is 1. The smallest absolute Gasteiger partial charge is 0.271 e. The second-order valence-electron chi connectivity index (χ2n) is 6.75. The molecule has 1 saturated heterocycles. The highest BCUT2D eigenvalue weighted by Gasteiger charge is 2.42. The van der Waals surface area contributed by atoms with Gasteiger partial charge in [-0.2, -0.15) is 0 Å². The first kappa shape index (κ1) is 22.5. The van der Waals surface area contributed by atoms with E-state index in [1.54, 1.807) is 12.1 Å². The van der Waals surface area contributed by atoms with Crippen LogP contribution in [-0.4, -0.2) is 48.5 Å². The van der Waals surface area contributed by atoms with Gasteiger partial charge in [-0.3, -0.25) is 14.9 Å². The van der Waals surface area contributed by atoms with Gasteiger partial charge in [-0.15, -0.1) is 24.8 Å². The normalized spacial score (nSPS) is 18.7. The zero-order valence-corrected chi connectivity index (χ0v) is 16.3. The van der Waals surface area contributed by atoms with Gasteiger partial charge >= 0.3 is 0 Å². The van der Waals surface area contributed by atoms with Crippen LogP contribution in [0.3, 0.4) is 0 Å². The third-order valence-corrected chi connectivity index (χ3v) is 5.38. The number of piperazine rings is 1. The van der Waals surface area contributed by atoms with Gasteiger partial charge < -0.3 is 15.5 Å². The van der Waals surface area contributed by atoms with E-state index in [-0.39, 0.29) is 46.7 Å². The van der Waals surface area contributed by atoms with Crippen LogP contribution in [0.4, 0.5) is 11.4 Å². The van der Waals surface area contributed by atoms with E-state index in [1.165, 1.54) is 6.07 Å². The van der Waals surface area contributed by atoms with Crippen molar-refractivity contribution in [3.05, 3.63) is 34.4 Å². The monoisotopic (exact) mass is 404 g/mol. The van der Waals surface area contributed by atoms with Crippen LogP contribution >= 0.6 is 24.8 Å². The lowest BCUT2D eigenvalue weighted by Gasteiger charge is -2.40. The summed E-state index contributed by atoms with van der Waals surface area (Å²) in [6.07, 6.45) is 3.95. The van der Waals surface area contributed by atoms with E-state index >= 15 is 0 Å². The zero-order chi connectivity index (χ0) is 17.2. The molecule has 1 aromatic rings. The SMILES string of the molecule is Cl.Cl.NCC1(C(=O)N2CCN(c3cccc([N+](=O)[O-])c3)CC2)CCCC1. The number of nitrogens with zero attached hydrogens (tertiary/aromatic N) is 3. The maximum absolute atomic E-state index is 12.9. The molecule has 0 atom stereocenters. The van der Waals surface area contributed by atoms with Gasteiger partial charge in [0.05, 0.1) is 10.3 Å². The van der Waals surface area contributed by atoms with E-state index in [0.29, 0.717) is 32.7 Å². The molecule has 1 heterocycles. The standard InChI is InChI=1S/C17H24N4O3.2ClH/c18-13-17(6-1-2-7-17)16(22)20-10-8-19(9-11-20)14-4-3-5-15(12-14)21(23)24;;/h3-5,12H,1-2,6-11,13,18H2;2*1H. The molecule has 0 spiro atoms. The molecule has 146 valence electrons. The fourth-order valence-electron chi connectivity index (χ4n) is 3.86. The summed E-state index contributed by atoms with van der Waals surface area (Å²) >= 11 is 0. The Morgan fingerprint density at radius 3 is 2.31 bits per heavy atom. The van der Waals surface area contributed by atoms with Crippen molar-refractivity contribution in [1.29, 1.82) is 0 Å². The first-order valence-electron chi connectivity index (χ1n) is 8.55. The number of non-ortho nitro benzene ring substituents is 1. The minimum absolute atomic E-state index is 0. The molecule has 26 heavy (non-hydrogen) atoms. The lowest BCUT2D eigenvalue weighted by molar-refractivity contribution is -0.384. The molecule has 2 fully saturated rings. The molecular weight excluding hydrogens is 379 g/mol. The van der Waals surface area contributed by atoms with Crippen LogP contribution in [0.5, 0.6) is 0 Å². The predicted molar refractivity (Wildman–Crippen MR) is 106 cm³/mol. The number of carbonyl (C=O) groups excluding carboxylic acids is 1. The minimum Gasteiger partial charge on any atom is -0.368 e. The third kappa shape index (κ3) is 4.39. The quantitative estimate of drug-likeness (QED) is 0.614. The molecule has 1 aromatic carbocycles. The topological polar surface area (TPSA) is 92.7 Å². The van der Waals surface area contributed by atoms with Gasteiger partial charge in [0.2, 0.25) is 5.91 Å². The van der Waals surface area contributed by atoms with Crippen molar-refractivity contribution in [2.24, 2.45) is 11.1 Å². The number of halogens is 2. The number of nitro benzene ring substituents is 1. The van der Waals surface area contributed by atoms with Gasteiger partial charge in [0.15, 0.2) is 0 Å². The van der Waals surface area contributed by atoms with Crippen molar-refractivity contribution >= 4 is 42.1 Å². The number of hydrogen-bond donors (Lipinski definition) is 1. The van der Waals surface area contributed by atoms with Crippen LogP contribution < -0.4 is 10.6 Å².